The van der Waals surface area contributed by atoms with Gasteiger partial charge in [0.25, 0.3) is 0 Å². The standard InChI is InChI=1S/C13H28N2/c1-4-10-15(6-3)11-12-8-7-9-13(12)14-5-2/h12-14H,4-11H2,1-3H3. The van der Waals surface area contributed by atoms with Crippen molar-refractivity contribution in [2.45, 2.75) is 52.5 Å². The molecule has 0 amide bonds. The van der Waals surface area contributed by atoms with Crippen molar-refractivity contribution in [3.05, 3.63) is 0 Å². The summed E-state index contributed by atoms with van der Waals surface area (Å²) in [5.74, 6) is 0.899. The molecule has 0 aliphatic heterocycles. The van der Waals surface area contributed by atoms with Crippen LogP contribution in [0, 0.1) is 5.92 Å². The van der Waals surface area contributed by atoms with E-state index in [1.165, 1.54) is 45.3 Å². The van der Waals surface area contributed by atoms with Crippen LogP contribution in [-0.4, -0.2) is 37.1 Å². The second-order valence-corrected chi connectivity index (χ2v) is 4.75. The average Bonchev–Trinajstić information content (AvgIpc) is 2.66. The first-order chi connectivity index (χ1) is 7.31. The Labute approximate surface area is 95.4 Å². The Balaban J connectivity index is 2.34. The molecule has 0 aromatic rings. The zero-order chi connectivity index (χ0) is 11.1. The molecule has 90 valence electrons. The van der Waals surface area contributed by atoms with Gasteiger partial charge in [0.2, 0.25) is 0 Å². The summed E-state index contributed by atoms with van der Waals surface area (Å²) in [7, 11) is 0. The van der Waals surface area contributed by atoms with Crippen LogP contribution in [-0.2, 0) is 0 Å². The molecule has 2 unspecified atom stereocenters. The zero-order valence-corrected chi connectivity index (χ0v) is 10.8. The van der Waals surface area contributed by atoms with Crippen molar-refractivity contribution in [3.63, 3.8) is 0 Å². The molecule has 15 heavy (non-hydrogen) atoms. The van der Waals surface area contributed by atoms with Gasteiger partial charge in [-0.2, -0.15) is 0 Å². The van der Waals surface area contributed by atoms with Crippen LogP contribution >= 0.6 is 0 Å². The van der Waals surface area contributed by atoms with Gasteiger partial charge in [0, 0.05) is 12.6 Å². The largest absolute Gasteiger partial charge is 0.314 e. The number of hydrogen-bond acceptors (Lipinski definition) is 2. The normalized spacial score (nSPS) is 26.4. The van der Waals surface area contributed by atoms with Crippen molar-refractivity contribution in [1.82, 2.24) is 10.2 Å². The Morgan fingerprint density at radius 2 is 2.00 bits per heavy atom. The molecule has 0 bridgehead atoms. The van der Waals surface area contributed by atoms with E-state index < -0.39 is 0 Å². The zero-order valence-electron chi connectivity index (χ0n) is 10.8. The summed E-state index contributed by atoms with van der Waals surface area (Å²) in [4.78, 5) is 2.61. The SMILES string of the molecule is CCCN(CC)CC1CCCC1NCC. The van der Waals surface area contributed by atoms with E-state index in [4.69, 9.17) is 0 Å². The van der Waals surface area contributed by atoms with Gasteiger partial charge in [-0.1, -0.05) is 27.2 Å². The number of hydrogen-bond donors (Lipinski definition) is 1. The molecule has 0 aromatic heterocycles. The second-order valence-electron chi connectivity index (χ2n) is 4.75. The molecule has 2 heteroatoms. The van der Waals surface area contributed by atoms with Gasteiger partial charge in [-0.25, -0.2) is 0 Å². The lowest BCUT2D eigenvalue weighted by molar-refractivity contribution is 0.223. The predicted octanol–water partition coefficient (Wildman–Crippen LogP) is 2.50. The summed E-state index contributed by atoms with van der Waals surface area (Å²) in [5, 5.41) is 3.64. The molecule has 0 aromatic carbocycles. The van der Waals surface area contributed by atoms with Gasteiger partial charge < -0.3 is 10.2 Å². The Hall–Kier alpha value is -0.0800. The smallest absolute Gasteiger partial charge is 0.0107 e. The van der Waals surface area contributed by atoms with Gasteiger partial charge in [0.15, 0.2) is 0 Å². The fourth-order valence-electron chi connectivity index (χ4n) is 2.81. The first kappa shape index (κ1) is 13.0. The van der Waals surface area contributed by atoms with Gasteiger partial charge in [-0.15, -0.1) is 0 Å². The minimum Gasteiger partial charge on any atom is -0.314 e. The molecule has 1 saturated carbocycles. The van der Waals surface area contributed by atoms with Crippen LogP contribution in [0.4, 0.5) is 0 Å². The van der Waals surface area contributed by atoms with Crippen LogP contribution < -0.4 is 5.32 Å². The molecule has 1 aliphatic rings. The quantitative estimate of drug-likeness (QED) is 0.697. The Kier molecular flexibility index (Phi) is 6.26. The molecular weight excluding hydrogens is 184 g/mol. The van der Waals surface area contributed by atoms with Crippen LogP contribution in [0.5, 0.6) is 0 Å². The molecule has 2 atom stereocenters. The summed E-state index contributed by atoms with van der Waals surface area (Å²) in [6, 6.07) is 0.793. The maximum atomic E-state index is 3.64. The lowest BCUT2D eigenvalue weighted by Crippen LogP contribution is -2.39. The number of nitrogens with zero attached hydrogens (tertiary/aromatic N) is 1. The molecule has 0 heterocycles. The van der Waals surface area contributed by atoms with E-state index in [1.807, 2.05) is 0 Å². The summed E-state index contributed by atoms with van der Waals surface area (Å²) in [5.41, 5.74) is 0. The fraction of sp³-hybridized carbons (Fsp3) is 1.00. The highest BCUT2D eigenvalue weighted by molar-refractivity contribution is 4.84. The van der Waals surface area contributed by atoms with E-state index >= 15 is 0 Å². The molecule has 1 aliphatic carbocycles. The molecular formula is C13H28N2. The van der Waals surface area contributed by atoms with Gasteiger partial charge in [0.1, 0.15) is 0 Å². The lowest BCUT2D eigenvalue weighted by atomic mass is 10.0. The van der Waals surface area contributed by atoms with Crippen LogP contribution in [0.15, 0.2) is 0 Å². The van der Waals surface area contributed by atoms with E-state index in [-0.39, 0.29) is 0 Å². The van der Waals surface area contributed by atoms with Gasteiger partial charge in [-0.3, -0.25) is 0 Å². The van der Waals surface area contributed by atoms with Crippen molar-refractivity contribution in [2.24, 2.45) is 5.92 Å². The van der Waals surface area contributed by atoms with Crippen molar-refractivity contribution in [2.75, 3.05) is 26.2 Å². The summed E-state index contributed by atoms with van der Waals surface area (Å²) in [6.07, 6.45) is 5.53. The highest BCUT2D eigenvalue weighted by Gasteiger charge is 2.27. The summed E-state index contributed by atoms with van der Waals surface area (Å²) < 4.78 is 0. The van der Waals surface area contributed by atoms with Crippen LogP contribution in [0.25, 0.3) is 0 Å². The number of nitrogens with one attached hydrogen (secondary N) is 1. The molecule has 0 spiro atoms. The molecule has 1 N–H and O–H groups in total. The fourth-order valence-corrected chi connectivity index (χ4v) is 2.81. The number of rotatable bonds is 7. The Morgan fingerprint density at radius 1 is 1.20 bits per heavy atom. The predicted molar refractivity (Wildman–Crippen MR) is 67.2 cm³/mol. The highest BCUT2D eigenvalue weighted by atomic mass is 15.1. The third-order valence-electron chi connectivity index (χ3n) is 3.61. The first-order valence-corrected chi connectivity index (χ1v) is 6.77. The first-order valence-electron chi connectivity index (χ1n) is 6.77. The van der Waals surface area contributed by atoms with Gasteiger partial charge in [-0.05, 0) is 44.8 Å². The maximum absolute atomic E-state index is 3.64. The van der Waals surface area contributed by atoms with E-state index in [1.54, 1.807) is 0 Å². The molecule has 0 saturated heterocycles. The maximum Gasteiger partial charge on any atom is 0.0107 e. The minimum absolute atomic E-state index is 0.793. The Bertz CT molecular complexity index is 159. The summed E-state index contributed by atoms with van der Waals surface area (Å²) >= 11 is 0. The lowest BCUT2D eigenvalue weighted by Gasteiger charge is -2.27. The summed E-state index contributed by atoms with van der Waals surface area (Å²) in [6.45, 7) is 11.7. The van der Waals surface area contributed by atoms with E-state index in [0.29, 0.717) is 0 Å². The van der Waals surface area contributed by atoms with E-state index in [0.717, 1.165) is 18.5 Å². The molecule has 2 nitrogen and oxygen atoms in total. The van der Waals surface area contributed by atoms with Crippen molar-refractivity contribution >= 4 is 0 Å². The molecule has 1 rings (SSSR count). The third-order valence-corrected chi connectivity index (χ3v) is 3.61. The van der Waals surface area contributed by atoms with E-state index in [9.17, 15) is 0 Å². The van der Waals surface area contributed by atoms with Crippen molar-refractivity contribution in [3.8, 4) is 0 Å². The van der Waals surface area contributed by atoms with Crippen molar-refractivity contribution in [1.29, 1.82) is 0 Å². The monoisotopic (exact) mass is 212 g/mol. The van der Waals surface area contributed by atoms with Gasteiger partial charge in [0.05, 0.1) is 0 Å². The topological polar surface area (TPSA) is 15.3 Å². The Morgan fingerprint density at radius 3 is 2.60 bits per heavy atom. The van der Waals surface area contributed by atoms with Crippen molar-refractivity contribution < 1.29 is 0 Å². The van der Waals surface area contributed by atoms with Crippen LogP contribution in [0.3, 0.4) is 0 Å². The van der Waals surface area contributed by atoms with Crippen LogP contribution in [0.1, 0.15) is 46.5 Å². The van der Waals surface area contributed by atoms with E-state index in [2.05, 4.69) is 31.0 Å². The second kappa shape index (κ2) is 7.24. The average molecular weight is 212 g/mol. The van der Waals surface area contributed by atoms with Crippen LogP contribution in [0.2, 0.25) is 0 Å². The van der Waals surface area contributed by atoms with Gasteiger partial charge >= 0.3 is 0 Å². The highest BCUT2D eigenvalue weighted by Crippen LogP contribution is 2.26. The minimum atomic E-state index is 0.793. The molecule has 1 fully saturated rings. The molecule has 0 radical (unpaired) electrons. The third kappa shape index (κ3) is 4.12.